The number of hydrogen-bond acceptors (Lipinski definition) is 4. The minimum atomic E-state index is 0.220. The number of anilines is 1. The summed E-state index contributed by atoms with van der Waals surface area (Å²) in [6.45, 7) is 1.92. The average molecular weight is 271 g/mol. The predicted octanol–water partition coefficient (Wildman–Crippen LogP) is 3.38. The fourth-order valence-electron chi connectivity index (χ4n) is 1.43. The van der Waals surface area contributed by atoms with Crippen LogP contribution in [0.2, 0.25) is 5.02 Å². The van der Waals surface area contributed by atoms with Gasteiger partial charge in [-0.3, -0.25) is 10.4 Å². The molecule has 2 rings (SSSR count). The van der Waals surface area contributed by atoms with Gasteiger partial charge < -0.3 is 0 Å². The van der Waals surface area contributed by atoms with E-state index in [1.165, 1.54) is 0 Å². The lowest BCUT2D eigenvalue weighted by Gasteiger charge is -2.03. The molecule has 0 saturated heterocycles. The van der Waals surface area contributed by atoms with Crippen molar-refractivity contribution in [3.63, 3.8) is 0 Å². The van der Waals surface area contributed by atoms with E-state index in [1.807, 2.05) is 25.1 Å². The number of benzene rings is 1. The zero-order valence-corrected chi connectivity index (χ0v) is 11.0. The molecule has 1 aromatic carbocycles. The molecule has 4 nitrogen and oxygen atoms in total. The molecule has 0 fully saturated rings. The molecule has 0 bridgehead atoms. The molecule has 2 aromatic rings. The van der Waals surface area contributed by atoms with Crippen LogP contribution in [0.5, 0.6) is 0 Å². The summed E-state index contributed by atoms with van der Waals surface area (Å²) in [6, 6.07) is 12.8. The van der Waals surface area contributed by atoms with E-state index >= 15 is 0 Å². The van der Waals surface area contributed by atoms with Crippen LogP contribution in [0.3, 0.4) is 0 Å². The number of aromatic nitrogens is 1. The van der Waals surface area contributed by atoms with Gasteiger partial charge in [-0.25, -0.2) is 0 Å². The maximum Gasteiger partial charge on any atom is 0.186 e. The molecule has 0 radical (unpaired) electrons. The van der Waals surface area contributed by atoms with Gasteiger partial charge in [-0.2, -0.15) is 10.4 Å². The van der Waals surface area contributed by atoms with E-state index in [9.17, 15) is 0 Å². The highest BCUT2D eigenvalue weighted by atomic mass is 35.5. The van der Waals surface area contributed by atoms with Crippen LogP contribution in [0.25, 0.3) is 0 Å². The highest BCUT2D eigenvalue weighted by Gasteiger charge is 2.03. The highest BCUT2D eigenvalue weighted by Crippen LogP contribution is 2.19. The normalized spacial score (nSPS) is 10.9. The smallest absolute Gasteiger partial charge is 0.186 e. The second kappa shape index (κ2) is 5.98. The number of aryl methyl sites for hydroxylation is 1. The SMILES string of the molecule is Cc1ccc(N/N=C(/C#N)c2ccccn2)cc1Cl. The number of nitriles is 1. The van der Waals surface area contributed by atoms with Crippen molar-refractivity contribution in [1.82, 2.24) is 4.98 Å². The van der Waals surface area contributed by atoms with Gasteiger partial charge in [0.15, 0.2) is 5.71 Å². The van der Waals surface area contributed by atoms with Crippen molar-refractivity contribution in [3.8, 4) is 6.07 Å². The van der Waals surface area contributed by atoms with Crippen LogP contribution in [0, 0.1) is 18.3 Å². The van der Waals surface area contributed by atoms with Gasteiger partial charge in [0.2, 0.25) is 0 Å². The molecule has 0 saturated carbocycles. The van der Waals surface area contributed by atoms with Crippen LogP contribution in [0.15, 0.2) is 47.7 Å². The van der Waals surface area contributed by atoms with Gasteiger partial charge in [-0.15, -0.1) is 0 Å². The summed E-state index contributed by atoms with van der Waals surface area (Å²) in [7, 11) is 0. The van der Waals surface area contributed by atoms with E-state index in [1.54, 1.807) is 30.5 Å². The number of nitrogens with one attached hydrogen (secondary N) is 1. The molecule has 1 aromatic heterocycles. The first-order chi connectivity index (χ1) is 9.20. The molecule has 19 heavy (non-hydrogen) atoms. The van der Waals surface area contributed by atoms with Gasteiger partial charge >= 0.3 is 0 Å². The molecular weight excluding hydrogens is 260 g/mol. The first kappa shape index (κ1) is 13.1. The van der Waals surface area contributed by atoms with Crippen molar-refractivity contribution >= 4 is 23.0 Å². The minimum absolute atomic E-state index is 0.220. The summed E-state index contributed by atoms with van der Waals surface area (Å²) in [6.07, 6.45) is 1.62. The maximum atomic E-state index is 9.07. The van der Waals surface area contributed by atoms with Gasteiger partial charge in [0.1, 0.15) is 11.8 Å². The Morgan fingerprint density at radius 2 is 2.21 bits per heavy atom. The Bertz CT molecular complexity index is 644. The summed E-state index contributed by atoms with van der Waals surface area (Å²) >= 11 is 6.01. The van der Waals surface area contributed by atoms with E-state index < -0.39 is 0 Å². The van der Waals surface area contributed by atoms with Crippen molar-refractivity contribution in [3.05, 3.63) is 58.9 Å². The van der Waals surface area contributed by atoms with Crippen LogP contribution in [0.4, 0.5) is 5.69 Å². The van der Waals surface area contributed by atoms with Crippen molar-refractivity contribution < 1.29 is 0 Å². The molecule has 1 heterocycles. The molecule has 94 valence electrons. The van der Waals surface area contributed by atoms with E-state index in [2.05, 4.69) is 15.5 Å². The summed E-state index contributed by atoms with van der Waals surface area (Å²) in [5, 5.41) is 13.8. The third-order valence-corrected chi connectivity index (χ3v) is 2.89. The average Bonchev–Trinajstić information content (AvgIpc) is 2.44. The molecule has 1 N–H and O–H groups in total. The quantitative estimate of drug-likeness (QED) is 0.687. The van der Waals surface area contributed by atoms with E-state index in [-0.39, 0.29) is 5.71 Å². The van der Waals surface area contributed by atoms with Crippen LogP contribution >= 0.6 is 11.6 Å². The molecule has 0 unspecified atom stereocenters. The van der Waals surface area contributed by atoms with E-state index in [0.717, 1.165) is 11.3 Å². The molecular formula is C14H11ClN4. The maximum absolute atomic E-state index is 9.07. The molecule has 0 atom stereocenters. The second-order valence-corrected chi connectivity index (χ2v) is 4.27. The third kappa shape index (κ3) is 3.30. The first-order valence-electron chi connectivity index (χ1n) is 5.62. The van der Waals surface area contributed by atoms with Gasteiger partial charge in [-0.05, 0) is 36.8 Å². The zero-order valence-electron chi connectivity index (χ0n) is 10.3. The van der Waals surface area contributed by atoms with Crippen molar-refractivity contribution in [1.29, 1.82) is 5.26 Å². The topological polar surface area (TPSA) is 61.1 Å². The van der Waals surface area contributed by atoms with Gasteiger partial charge in [-0.1, -0.05) is 23.7 Å². The number of hydrazone groups is 1. The van der Waals surface area contributed by atoms with E-state index in [4.69, 9.17) is 16.9 Å². The van der Waals surface area contributed by atoms with E-state index in [0.29, 0.717) is 10.7 Å². The highest BCUT2D eigenvalue weighted by molar-refractivity contribution is 6.31. The number of nitrogens with zero attached hydrogens (tertiary/aromatic N) is 3. The molecule has 0 aliphatic carbocycles. The Morgan fingerprint density at radius 1 is 1.37 bits per heavy atom. The van der Waals surface area contributed by atoms with Crippen molar-refractivity contribution in [2.45, 2.75) is 6.92 Å². The van der Waals surface area contributed by atoms with Crippen molar-refractivity contribution in [2.24, 2.45) is 5.10 Å². The molecule has 0 aliphatic rings. The molecule has 0 amide bonds. The van der Waals surface area contributed by atoms with Crippen LogP contribution in [0.1, 0.15) is 11.3 Å². The number of pyridine rings is 1. The number of rotatable bonds is 3. The largest absolute Gasteiger partial charge is 0.277 e. The number of halogens is 1. The summed E-state index contributed by atoms with van der Waals surface area (Å²) in [4.78, 5) is 4.07. The minimum Gasteiger partial charge on any atom is -0.277 e. The van der Waals surface area contributed by atoms with Crippen molar-refractivity contribution in [2.75, 3.05) is 5.43 Å². The van der Waals surface area contributed by atoms with Crippen LogP contribution < -0.4 is 5.43 Å². The first-order valence-corrected chi connectivity index (χ1v) is 6.00. The lowest BCUT2D eigenvalue weighted by molar-refractivity contribution is 1.26. The summed E-state index contributed by atoms with van der Waals surface area (Å²) in [5.41, 5.74) is 5.26. The van der Waals surface area contributed by atoms with Crippen LogP contribution in [-0.2, 0) is 0 Å². The zero-order chi connectivity index (χ0) is 13.7. The Labute approximate surface area is 116 Å². The van der Waals surface area contributed by atoms with Gasteiger partial charge in [0.25, 0.3) is 0 Å². The molecule has 0 aliphatic heterocycles. The summed E-state index contributed by atoms with van der Waals surface area (Å²) in [5.74, 6) is 0. The Hall–Kier alpha value is -2.38. The lowest BCUT2D eigenvalue weighted by atomic mass is 10.2. The third-order valence-electron chi connectivity index (χ3n) is 2.48. The Kier molecular flexibility index (Phi) is 4.11. The Balaban J connectivity index is 2.21. The van der Waals surface area contributed by atoms with Crippen LogP contribution in [-0.4, -0.2) is 10.7 Å². The lowest BCUT2D eigenvalue weighted by Crippen LogP contribution is -2.03. The molecule has 5 heteroatoms. The van der Waals surface area contributed by atoms with Gasteiger partial charge in [0, 0.05) is 11.2 Å². The molecule has 0 spiro atoms. The second-order valence-electron chi connectivity index (χ2n) is 3.86. The standard InChI is InChI=1S/C14H11ClN4/c1-10-5-6-11(8-12(10)15)18-19-14(9-16)13-4-2-3-7-17-13/h2-8,18H,1H3/b19-14-. The fourth-order valence-corrected chi connectivity index (χ4v) is 1.61. The fraction of sp³-hybridized carbons (Fsp3) is 0.0714. The predicted molar refractivity (Wildman–Crippen MR) is 76.2 cm³/mol. The summed E-state index contributed by atoms with van der Waals surface area (Å²) < 4.78 is 0. The number of hydrogen-bond donors (Lipinski definition) is 1. The Morgan fingerprint density at radius 3 is 2.84 bits per heavy atom. The monoisotopic (exact) mass is 270 g/mol. The van der Waals surface area contributed by atoms with Gasteiger partial charge in [0.05, 0.1) is 5.69 Å².